The van der Waals surface area contributed by atoms with Gasteiger partial charge in [0, 0.05) is 0 Å². The number of allylic oxidation sites excluding steroid dienone is 3. The molecule has 2 rings (SSSR count). The highest BCUT2D eigenvalue weighted by atomic mass is 19.1. The van der Waals surface area contributed by atoms with Crippen LogP contribution >= 0.6 is 0 Å². The topological polar surface area (TPSA) is 23.8 Å². The first-order valence-corrected chi connectivity index (χ1v) is 10.1. The van der Waals surface area contributed by atoms with E-state index in [0.717, 1.165) is 24.2 Å². The summed E-state index contributed by atoms with van der Waals surface area (Å²) in [6.45, 7) is 6.80. The van der Waals surface area contributed by atoms with Crippen molar-refractivity contribution in [2.75, 3.05) is 0 Å². The third-order valence-electron chi connectivity index (χ3n) is 6.44. The molecule has 24 heavy (non-hydrogen) atoms. The fourth-order valence-corrected chi connectivity index (χ4v) is 4.88. The van der Waals surface area contributed by atoms with Crippen LogP contribution in [0.5, 0.6) is 0 Å². The molecular formula is C22H34FN. The van der Waals surface area contributed by atoms with Crippen LogP contribution in [0.2, 0.25) is 0 Å². The molecule has 0 amide bonds. The molecule has 2 heteroatoms. The maximum absolute atomic E-state index is 12.8. The van der Waals surface area contributed by atoms with E-state index in [-0.39, 0.29) is 0 Å². The number of nitrogens with zero attached hydrogens (tertiary/aromatic N) is 1. The lowest BCUT2D eigenvalue weighted by molar-refractivity contribution is 0.241. The van der Waals surface area contributed by atoms with Crippen LogP contribution in [-0.2, 0) is 0 Å². The summed E-state index contributed by atoms with van der Waals surface area (Å²) in [5, 5.41) is 8.43. The van der Waals surface area contributed by atoms with Crippen molar-refractivity contribution in [3.63, 3.8) is 0 Å². The van der Waals surface area contributed by atoms with Crippen LogP contribution in [0.3, 0.4) is 0 Å². The first-order valence-electron chi connectivity index (χ1n) is 10.1. The Balaban J connectivity index is 1.69. The second kappa shape index (κ2) is 10.0. The van der Waals surface area contributed by atoms with Gasteiger partial charge in [0.05, 0.1) is 0 Å². The van der Waals surface area contributed by atoms with Crippen LogP contribution in [0.4, 0.5) is 4.39 Å². The number of halogens is 1. The average Bonchev–Trinajstić information content (AvgIpc) is 2.62. The van der Waals surface area contributed by atoms with Crippen molar-refractivity contribution < 1.29 is 4.39 Å². The molecule has 2 saturated carbocycles. The lowest BCUT2D eigenvalue weighted by Crippen LogP contribution is -2.23. The van der Waals surface area contributed by atoms with Crippen molar-refractivity contribution in [2.45, 2.75) is 84.0 Å². The summed E-state index contributed by atoms with van der Waals surface area (Å²) < 4.78 is 12.8. The Bertz CT molecular complexity index is 457. The number of hydrogen-bond acceptors (Lipinski definition) is 1. The minimum atomic E-state index is -0.629. The zero-order valence-corrected chi connectivity index (χ0v) is 15.4. The van der Waals surface area contributed by atoms with Gasteiger partial charge in [-0.3, -0.25) is 0 Å². The Morgan fingerprint density at radius 3 is 1.96 bits per heavy atom. The Hall–Kier alpha value is -1.10. The summed E-state index contributed by atoms with van der Waals surface area (Å²) in [7, 11) is 0. The summed E-state index contributed by atoms with van der Waals surface area (Å²) in [6, 6.07) is 1.55. The highest BCUT2D eigenvalue weighted by Gasteiger charge is 2.29. The Kier molecular flexibility index (Phi) is 8.03. The van der Waals surface area contributed by atoms with Crippen molar-refractivity contribution >= 4 is 0 Å². The largest absolute Gasteiger partial charge is 0.196 e. The first kappa shape index (κ1) is 19.2. The van der Waals surface area contributed by atoms with E-state index in [2.05, 4.69) is 13.5 Å². The van der Waals surface area contributed by atoms with Crippen LogP contribution in [0.25, 0.3) is 0 Å². The average molecular weight is 332 g/mol. The fourth-order valence-electron chi connectivity index (χ4n) is 4.88. The summed E-state index contributed by atoms with van der Waals surface area (Å²) in [6.07, 6.45) is 16.5. The fraction of sp³-hybridized carbons (Fsp3) is 0.773. The molecule has 0 aromatic heterocycles. The van der Waals surface area contributed by atoms with Crippen molar-refractivity contribution in [2.24, 2.45) is 23.7 Å². The molecule has 0 radical (unpaired) electrons. The molecule has 0 bridgehead atoms. The van der Waals surface area contributed by atoms with Gasteiger partial charge in [-0.15, -0.1) is 0 Å². The summed E-state index contributed by atoms with van der Waals surface area (Å²) >= 11 is 0. The summed E-state index contributed by atoms with van der Waals surface area (Å²) in [5.74, 6) is 2.54. The lowest BCUT2D eigenvalue weighted by atomic mass is 9.70. The monoisotopic (exact) mass is 331 g/mol. The number of nitriles is 1. The molecular weight excluding hydrogens is 297 g/mol. The quantitative estimate of drug-likeness (QED) is 0.360. The highest BCUT2D eigenvalue weighted by molar-refractivity contribution is 5.11. The molecule has 134 valence electrons. The van der Waals surface area contributed by atoms with E-state index in [1.54, 1.807) is 11.6 Å². The van der Waals surface area contributed by atoms with Crippen molar-refractivity contribution in [1.29, 1.82) is 5.26 Å². The highest BCUT2D eigenvalue weighted by Crippen LogP contribution is 2.42. The lowest BCUT2D eigenvalue weighted by Gasteiger charge is -2.36. The van der Waals surface area contributed by atoms with E-state index in [9.17, 15) is 4.39 Å². The van der Waals surface area contributed by atoms with Gasteiger partial charge in [0.25, 0.3) is 0 Å². The van der Waals surface area contributed by atoms with E-state index in [1.807, 2.05) is 0 Å². The number of hydrogen-bond donors (Lipinski definition) is 0. The molecule has 1 nitrogen and oxygen atoms in total. The molecule has 0 atom stereocenters. The third kappa shape index (κ3) is 5.76. The molecule has 0 heterocycles. The zero-order valence-electron chi connectivity index (χ0n) is 15.4. The molecule has 0 aliphatic heterocycles. The van der Waals surface area contributed by atoms with Crippen molar-refractivity contribution in [3.05, 3.63) is 24.1 Å². The van der Waals surface area contributed by atoms with E-state index >= 15 is 0 Å². The van der Waals surface area contributed by atoms with Gasteiger partial charge < -0.3 is 0 Å². The molecule has 0 aromatic rings. The van der Waals surface area contributed by atoms with Gasteiger partial charge in [-0.05, 0) is 94.0 Å². The smallest absolute Gasteiger partial charge is 0.195 e. The van der Waals surface area contributed by atoms with Crippen molar-refractivity contribution in [3.8, 4) is 6.07 Å². The van der Waals surface area contributed by atoms with E-state index in [1.165, 1.54) is 70.3 Å². The van der Waals surface area contributed by atoms with Crippen LogP contribution in [0.1, 0.15) is 84.0 Å². The number of rotatable bonds is 7. The molecule has 2 aliphatic rings. The van der Waals surface area contributed by atoms with Gasteiger partial charge in [0.2, 0.25) is 0 Å². The van der Waals surface area contributed by atoms with E-state index in [0.29, 0.717) is 12.3 Å². The molecule has 0 aromatic carbocycles. The minimum Gasteiger partial charge on any atom is -0.195 e. The normalized spacial score (nSPS) is 31.5. The molecule has 0 spiro atoms. The van der Waals surface area contributed by atoms with Crippen LogP contribution in [0.15, 0.2) is 24.1 Å². The Morgan fingerprint density at radius 1 is 1.00 bits per heavy atom. The van der Waals surface area contributed by atoms with Crippen molar-refractivity contribution in [1.82, 2.24) is 0 Å². The van der Waals surface area contributed by atoms with E-state index in [4.69, 9.17) is 5.26 Å². The van der Waals surface area contributed by atoms with Gasteiger partial charge in [-0.25, -0.2) is 0 Å². The summed E-state index contributed by atoms with van der Waals surface area (Å²) in [4.78, 5) is 0. The second-order valence-electron chi connectivity index (χ2n) is 8.04. The van der Waals surface area contributed by atoms with Crippen LogP contribution in [0, 0.1) is 35.0 Å². The SMILES string of the molecule is C=C(C1CCC(CCC)CC1)C1CCC(CCC=C(F)C#N)CC1. The second-order valence-corrected chi connectivity index (χ2v) is 8.04. The molecule has 2 aliphatic carbocycles. The van der Waals surface area contributed by atoms with E-state index < -0.39 is 5.83 Å². The molecule has 0 saturated heterocycles. The van der Waals surface area contributed by atoms with Gasteiger partial charge >= 0.3 is 0 Å². The van der Waals surface area contributed by atoms with Gasteiger partial charge in [-0.2, -0.15) is 9.65 Å². The van der Waals surface area contributed by atoms with Crippen LogP contribution in [-0.4, -0.2) is 0 Å². The Labute approximate surface area is 148 Å². The maximum atomic E-state index is 12.8. The molecule has 2 fully saturated rings. The molecule has 0 N–H and O–H groups in total. The predicted octanol–water partition coefficient (Wildman–Crippen LogP) is 7.11. The van der Waals surface area contributed by atoms with Gasteiger partial charge in [-0.1, -0.05) is 31.9 Å². The Morgan fingerprint density at radius 2 is 1.50 bits per heavy atom. The standard InChI is InChI=1S/C22H34FN/c1-3-5-18-8-12-20(13-9-18)17(2)21-14-10-19(11-15-21)6-4-7-22(23)16-24/h7,18-21H,2-6,8-15H2,1H3. The minimum absolute atomic E-state index is 0.629. The van der Waals surface area contributed by atoms with Gasteiger partial charge in [0.1, 0.15) is 6.07 Å². The molecule has 0 unspecified atom stereocenters. The van der Waals surface area contributed by atoms with Crippen LogP contribution < -0.4 is 0 Å². The van der Waals surface area contributed by atoms with Gasteiger partial charge in [0.15, 0.2) is 5.83 Å². The third-order valence-corrected chi connectivity index (χ3v) is 6.44. The zero-order chi connectivity index (χ0) is 17.4. The summed E-state index contributed by atoms with van der Waals surface area (Å²) in [5.41, 5.74) is 1.54. The first-order chi connectivity index (χ1) is 11.6. The maximum Gasteiger partial charge on any atom is 0.196 e. The predicted molar refractivity (Wildman–Crippen MR) is 99.0 cm³/mol.